The van der Waals surface area contributed by atoms with E-state index in [4.69, 9.17) is 9.47 Å². The third-order valence-corrected chi connectivity index (χ3v) is 4.01. The first-order chi connectivity index (χ1) is 9.74. The number of benzene rings is 1. The second-order valence-electron chi connectivity index (χ2n) is 5.59. The predicted octanol–water partition coefficient (Wildman–Crippen LogP) is 3.06. The summed E-state index contributed by atoms with van der Waals surface area (Å²) < 4.78 is 10.9. The number of hydrogen-bond acceptors (Lipinski definition) is 3. The van der Waals surface area contributed by atoms with Crippen LogP contribution in [0.5, 0.6) is 0 Å². The van der Waals surface area contributed by atoms with Crippen molar-refractivity contribution >= 4 is 11.8 Å². The largest absolute Gasteiger partial charge is 0.447 e. The Kier molecular flexibility index (Phi) is 3.92. The van der Waals surface area contributed by atoms with Crippen LogP contribution in [0.25, 0.3) is 0 Å². The Bertz CT molecular complexity index is 494. The van der Waals surface area contributed by atoms with Gasteiger partial charge in [-0.25, -0.2) is 4.79 Å². The van der Waals surface area contributed by atoms with Crippen molar-refractivity contribution in [2.24, 2.45) is 0 Å². The van der Waals surface area contributed by atoms with Gasteiger partial charge in [0.25, 0.3) is 0 Å². The number of nitrogens with zero attached hydrogens (tertiary/aromatic N) is 1. The van der Waals surface area contributed by atoms with Gasteiger partial charge in [-0.2, -0.15) is 0 Å². The maximum atomic E-state index is 11.8. The van der Waals surface area contributed by atoms with E-state index in [1.807, 2.05) is 12.1 Å². The van der Waals surface area contributed by atoms with Crippen molar-refractivity contribution in [2.75, 3.05) is 24.7 Å². The summed E-state index contributed by atoms with van der Waals surface area (Å²) in [5.74, 6) is 0. The first kappa shape index (κ1) is 13.4. The van der Waals surface area contributed by atoms with Crippen LogP contribution in [0, 0.1) is 6.92 Å². The van der Waals surface area contributed by atoms with Gasteiger partial charge in [-0.3, -0.25) is 4.90 Å². The Hall–Kier alpha value is -1.55. The summed E-state index contributed by atoms with van der Waals surface area (Å²) in [5.41, 5.74) is 3.38. The molecule has 0 radical (unpaired) electrons. The van der Waals surface area contributed by atoms with Crippen LogP contribution >= 0.6 is 0 Å². The second kappa shape index (κ2) is 5.83. The highest BCUT2D eigenvalue weighted by atomic mass is 16.6. The normalized spacial score (nSPS) is 22.9. The molecule has 20 heavy (non-hydrogen) atoms. The Morgan fingerprint density at radius 1 is 1.30 bits per heavy atom. The summed E-state index contributed by atoms with van der Waals surface area (Å²) in [5, 5.41) is 0. The average Bonchev–Trinajstić information content (AvgIpc) is 2.86. The van der Waals surface area contributed by atoms with Crippen molar-refractivity contribution in [2.45, 2.75) is 38.7 Å². The quantitative estimate of drug-likeness (QED) is 0.851. The summed E-state index contributed by atoms with van der Waals surface area (Å²) in [6, 6.07) is 6.24. The van der Waals surface area contributed by atoms with E-state index in [1.54, 1.807) is 4.90 Å². The van der Waals surface area contributed by atoms with Crippen molar-refractivity contribution in [1.29, 1.82) is 0 Å². The van der Waals surface area contributed by atoms with E-state index >= 15 is 0 Å². The molecule has 0 aromatic heterocycles. The van der Waals surface area contributed by atoms with Gasteiger partial charge < -0.3 is 9.47 Å². The van der Waals surface area contributed by atoms with Crippen LogP contribution in [0.2, 0.25) is 0 Å². The third kappa shape index (κ3) is 2.80. The van der Waals surface area contributed by atoms with Gasteiger partial charge in [0.05, 0.1) is 18.3 Å². The van der Waals surface area contributed by atoms with E-state index in [0.717, 1.165) is 31.6 Å². The fourth-order valence-electron chi connectivity index (χ4n) is 2.97. The maximum absolute atomic E-state index is 11.8. The molecule has 2 fully saturated rings. The minimum atomic E-state index is -0.236. The van der Waals surface area contributed by atoms with Crippen LogP contribution < -0.4 is 4.90 Å². The van der Waals surface area contributed by atoms with Crippen molar-refractivity contribution in [3.8, 4) is 0 Å². The summed E-state index contributed by atoms with van der Waals surface area (Å²) in [7, 11) is 0. The Morgan fingerprint density at radius 2 is 2.20 bits per heavy atom. The van der Waals surface area contributed by atoms with Crippen molar-refractivity contribution in [3.63, 3.8) is 0 Å². The summed E-state index contributed by atoms with van der Waals surface area (Å²) >= 11 is 0. The van der Waals surface area contributed by atoms with Crippen LogP contribution in [0.15, 0.2) is 18.2 Å². The second-order valence-corrected chi connectivity index (χ2v) is 5.59. The molecule has 0 spiro atoms. The number of amides is 1. The van der Waals surface area contributed by atoms with Crippen LogP contribution in [0.1, 0.15) is 30.4 Å². The van der Waals surface area contributed by atoms with Crippen LogP contribution in [-0.2, 0) is 15.9 Å². The van der Waals surface area contributed by atoms with E-state index in [1.165, 1.54) is 17.5 Å². The highest BCUT2D eigenvalue weighted by Crippen LogP contribution is 2.28. The van der Waals surface area contributed by atoms with Crippen molar-refractivity contribution in [1.82, 2.24) is 0 Å². The minimum absolute atomic E-state index is 0.236. The fraction of sp³-hybridized carbons (Fsp3) is 0.562. The Balaban J connectivity index is 1.83. The third-order valence-electron chi connectivity index (χ3n) is 4.01. The molecular formula is C16H21NO3. The molecular weight excluding hydrogens is 254 g/mol. The molecule has 2 aliphatic rings. The summed E-state index contributed by atoms with van der Waals surface area (Å²) in [6.45, 7) is 4.06. The molecule has 0 aliphatic carbocycles. The number of hydrogen-bond donors (Lipinski definition) is 0. The Labute approximate surface area is 119 Å². The van der Waals surface area contributed by atoms with E-state index in [-0.39, 0.29) is 12.2 Å². The van der Waals surface area contributed by atoms with Crippen molar-refractivity contribution < 1.29 is 14.3 Å². The molecule has 0 bridgehead atoms. The van der Waals surface area contributed by atoms with Gasteiger partial charge in [0.15, 0.2) is 0 Å². The zero-order valence-corrected chi connectivity index (χ0v) is 11.9. The molecule has 1 amide bonds. The van der Waals surface area contributed by atoms with Gasteiger partial charge in [0.1, 0.15) is 6.61 Å². The molecule has 3 rings (SSSR count). The molecule has 0 N–H and O–H groups in total. The van der Waals surface area contributed by atoms with E-state index < -0.39 is 0 Å². The topological polar surface area (TPSA) is 38.8 Å². The monoisotopic (exact) mass is 275 g/mol. The molecule has 4 nitrogen and oxygen atoms in total. The maximum Gasteiger partial charge on any atom is 0.414 e. The molecule has 1 aromatic rings. The lowest BCUT2D eigenvalue weighted by atomic mass is 9.98. The fourth-order valence-corrected chi connectivity index (χ4v) is 2.97. The zero-order chi connectivity index (χ0) is 13.9. The number of carbonyl (C=O) groups is 1. The SMILES string of the molecule is Cc1ccc(N2CCOC2=O)c(C[C@@H]2CCCCO2)c1. The zero-order valence-electron chi connectivity index (χ0n) is 11.9. The standard InChI is InChI=1S/C16H21NO3/c1-12-5-6-15(17-7-9-20-16(17)18)13(10-12)11-14-4-2-3-8-19-14/h5-6,10,14H,2-4,7-9,11H2,1H3/t14-/m0/s1. The van der Waals surface area contributed by atoms with Gasteiger partial charge in [0, 0.05) is 13.0 Å². The average molecular weight is 275 g/mol. The summed E-state index contributed by atoms with van der Waals surface area (Å²) in [4.78, 5) is 13.5. The van der Waals surface area contributed by atoms with Crippen LogP contribution in [0.3, 0.4) is 0 Å². The van der Waals surface area contributed by atoms with Crippen LogP contribution in [0.4, 0.5) is 10.5 Å². The molecule has 4 heteroatoms. The summed E-state index contributed by atoms with van der Waals surface area (Å²) in [6.07, 6.45) is 4.42. The molecule has 108 valence electrons. The molecule has 0 unspecified atom stereocenters. The van der Waals surface area contributed by atoms with Gasteiger partial charge in [-0.05, 0) is 37.8 Å². The highest BCUT2D eigenvalue weighted by molar-refractivity contribution is 5.90. The van der Waals surface area contributed by atoms with E-state index in [2.05, 4.69) is 13.0 Å². The van der Waals surface area contributed by atoms with E-state index in [0.29, 0.717) is 13.2 Å². The lowest BCUT2D eigenvalue weighted by molar-refractivity contribution is 0.0168. The first-order valence-electron chi connectivity index (χ1n) is 7.39. The molecule has 1 atom stereocenters. The minimum Gasteiger partial charge on any atom is -0.447 e. The molecule has 2 aliphatic heterocycles. The molecule has 0 saturated carbocycles. The molecule has 2 heterocycles. The van der Waals surface area contributed by atoms with Gasteiger partial charge in [-0.1, -0.05) is 17.7 Å². The van der Waals surface area contributed by atoms with Gasteiger partial charge in [-0.15, -0.1) is 0 Å². The number of anilines is 1. The van der Waals surface area contributed by atoms with Gasteiger partial charge in [0.2, 0.25) is 0 Å². The van der Waals surface area contributed by atoms with Crippen LogP contribution in [-0.4, -0.2) is 32.0 Å². The number of ether oxygens (including phenoxy) is 2. The number of carbonyl (C=O) groups excluding carboxylic acids is 1. The Morgan fingerprint density at radius 3 is 2.90 bits per heavy atom. The van der Waals surface area contributed by atoms with Crippen molar-refractivity contribution in [3.05, 3.63) is 29.3 Å². The van der Waals surface area contributed by atoms with E-state index in [9.17, 15) is 4.79 Å². The smallest absolute Gasteiger partial charge is 0.414 e. The lowest BCUT2D eigenvalue weighted by Crippen LogP contribution is -2.27. The predicted molar refractivity (Wildman–Crippen MR) is 77.2 cm³/mol. The molecule has 2 saturated heterocycles. The number of cyclic esters (lactones) is 1. The van der Waals surface area contributed by atoms with Gasteiger partial charge >= 0.3 is 6.09 Å². The first-order valence-corrected chi connectivity index (χ1v) is 7.39. The highest BCUT2D eigenvalue weighted by Gasteiger charge is 2.26. The number of rotatable bonds is 3. The molecule has 1 aromatic carbocycles. The lowest BCUT2D eigenvalue weighted by Gasteiger charge is -2.25. The number of aryl methyl sites for hydroxylation is 1.